The number of hydrogen-bond donors (Lipinski definition) is 1. The Morgan fingerprint density at radius 2 is 1.38 bits per heavy atom. The molecule has 190 valence electrons. The van der Waals surface area contributed by atoms with Crippen LogP contribution in [0.5, 0.6) is 11.5 Å². The molecule has 0 bridgehead atoms. The van der Waals surface area contributed by atoms with Crippen LogP contribution >= 0.6 is 0 Å². The number of phenolic OH excluding ortho intramolecular Hbond substituents is 1. The molecule has 0 amide bonds. The SMILES string of the molecule is O=[N+]([O-])c1cccc(-c2cc(-c3ccccc3O)nc3c2C(c2cccc([N+](=O)[O-])c2)Oc2ccccc2-3)c1. The topological polar surface area (TPSA) is 129 Å². The summed E-state index contributed by atoms with van der Waals surface area (Å²) in [5.74, 6) is 0.568. The number of phenols is 1. The highest BCUT2D eigenvalue weighted by atomic mass is 16.6. The summed E-state index contributed by atoms with van der Waals surface area (Å²) in [6, 6.07) is 28.3. The van der Waals surface area contributed by atoms with E-state index in [1.54, 1.807) is 60.7 Å². The maximum absolute atomic E-state index is 11.6. The Hall–Kier alpha value is -5.57. The Morgan fingerprint density at radius 3 is 2.13 bits per heavy atom. The summed E-state index contributed by atoms with van der Waals surface area (Å²) in [4.78, 5) is 27.2. The van der Waals surface area contributed by atoms with E-state index in [1.165, 1.54) is 24.3 Å². The van der Waals surface area contributed by atoms with Gasteiger partial charge in [0.15, 0.2) is 6.10 Å². The second kappa shape index (κ2) is 9.38. The zero-order valence-electron chi connectivity index (χ0n) is 20.2. The van der Waals surface area contributed by atoms with E-state index in [1.807, 2.05) is 18.2 Å². The molecule has 5 aromatic rings. The Balaban J connectivity index is 1.70. The summed E-state index contributed by atoms with van der Waals surface area (Å²) >= 11 is 0. The molecule has 0 radical (unpaired) electrons. The van der Waals surface area contributed by atoms with Crippen molar-refractivity contribution in [1.29, 1.82) is 0 Å². The Kier molecular flexibility index (Phi) is 5.73. The van der Waals surface area contributed by atoms with Crippen molar-refractivity contribution in [2.75, 3.05) is 0 Å². The lowest BCUT2D eigenvalue weighted by Gasteiger charge is -2.31. The van der Waals surface area contributed by atoms with Crippen molar-refractivity contribution < 1.29 is 19.7 Å². The van der Waals surface area contributed by atoms with E-state index < -0.39 is 16.0 Å². The number of aromatic nitrogens is 1. The van der Waals surface area contributed by atoms with E-state index in [0.29, 0.717) is 50.5 Å². The average molecular weight is 517 g/mol. The van der Waals surface area contributed by atoms with Gasteiger partial charge in [-0.15, -0.1) is 0 Å². The minimum Gasteiger partial charge on any atom is -0.507 e. The van der Waals surface area contributed by atoms with Crippen LogP contribution in [0.3, 0.4) is 0 Å². The number of benzene rings is 4. The first-order chi connectivity index (χ1) is 18.9. The summed E-state index contributed by atoms with van der Waals surface area (Å²) in [6.07, 6.45) is -0.796. The standard InChI is InChI=1S/C30H19N3O6/c34-26-13-3-1-11-22(26)25-17-24(18-7-5-9-20(15-18)32(35)36)28-29(31-25)23-12-2-4-14-27(23)39-30(28)19-8-6-10-21(16-19)33(37)38/h1-17,30,34H. The van der Waals surface area contributed by atoms with Crippen molar-refractivity contribution in [2.45, 2.75) is 6.10 Å². The molecule has 4 aromatic carbocycles. The normalized spacial score (nSPS) is 13.6. The number of hydrogen-bond acceptors (Lipinski definition) is 7. The number of nitro groups is 2. The molecule has 0 fully saturated rings. The van der Waals surface area contributed by atoms with Gasteiger partial charge in [-0.25, -0.2) is 4.98 Å². The molecule has 0 aliphatic carbocycles. The highest BCUT2D eigenvalue weighted by molar-refractivity contribution is 5.86. The third-order valence-electron chi connectivity index (χ3n) is 6.64. The second-order valence-electron chi connectivity index (χ2n) is 8.99. The van der Waals surface area contributed by atoms with Gasteiger partial charge in [0.2, 0.25) is 0 Å². The van der Waals surface area contributed by atoms with E-state index in [4.69, 9.17) is 9.72 Å². The predicted octanol–water partition coefficient (Wildman–Crippen LogP) is 7.09. The fourth-order valence-electron chi connectivity index (χ4n) is 4.87. The number of fused-ring (bicyclic) bond motifs is 3. The number of para-hydroxylation sites is 2. The number of rotatable bonds is 5. The first-order valence-corrected chi connectivity index (χ1v) is 12.0. The quantitative estimate of drug-likeness (QED) is 0.195. The largest absolute Gasteiger partial charge is 0.507 e. The van der Waals surface area contributed by atoms with Gasteiger partial charge < -0.3 is 9.84 Å². The van der Waals surface area contributed by atoms with E-state index in [-0.39, 0.29) is 17.1 Å². The van der Waals surface area contributed by atoms with Crippen molar-refractivity contribution in [2.24, 2.45) is 0 Å². The van der Waals surface area contributed by atoms with Crippen LogP contribution in [0.2, 0.25) is 0 Å². The monoisotopic (exact) mass is 517 g/mol. The minimum absolute atomic E-state index is 0.0329. The van der Waals surface area contributed by atoms with Crippen molar-refractivity contribution >= 4 is 11.4 Å². The summed E-state index contributed by atoms with van der Waals surface area (Å²) < 4.78 is 6.44. The van der Waals surface area contributed by atoms with Crippen molar-refractivity contribution in [3.05, 3.63) is 134 Å². The lowest BCUT2D eigenvalue weighted by Crippen LogP contribution is -2.18. The Labute approximate surface area is 221 Å². The number of non-ortho nitro benzene ring substituents is 2. The predicted molar refractivity (Wildman–Crippen MR) is 144 cm³/mol. The van der Waals surface area contributed by atoms with Gasteiger partial charge in [0, 0.05) is 46.5 Å². The van der Waals surface area contributed by atoms with Crippen molar-refractivity contribution in [3.63, 3.8) is 0 Å². The molecule has 39 heavy (non-hydrogen) atoms. The Bertz CT molecular complexity index is 1790. The van der Waals surface area contributed by atoms with E-state index in [9.17, 15) is 25.3 Å². The third-order valence-corrected chi connectivity index (χ3v) is 6.64. The van der Waals surface area contributed by atoms with Gasteiger partial charge in [0.1, 0.15) is 11.5 Å². The molecule has 9 heteroatoms. The van der Waals surface area contributed by atoms with Crippen LogP contribution < -0.4 is 4.74 Å². The highest BCUT2D eigenvalue weighted by Gasteiger charge is 2.33. The molecule has 1 unspecified atom stereocenters. The zero-order valence-corrected chi connectivity index (χ0v) is 20.2. The fraction of sp³-hybridized carbons (Fsp3) is 0.0333. The molecular weight excluding hydrogens is 498 g/mol. The van der Waals surface area contributed by atoms with Gasteiger partial charge in [0.05, 0.1) is 21.2 Å². The molecule has 1 aliphatic rings. The molecule has 9 nitrogen and oxygen atoms in total. The van der Waals surface area contributed by atoms with Crippen LogP contribution in [0.1, 0.15) is 17.2 Å². The number of aromatic hydroxyl groups is 1. The van der Waals surface area contributed by atoms with Gasteiger partial charge in [-0.2, -0.15) is 0 Å². The van der Waals surface area contributed by atoms with Gasteiger partial charge in [-0.05, 0) is 41.5 Å². The van der Waals surface area contributed by atoms with Crippen LogP contribution in [0.25, 0.3) is 33.6 Å². The molecule has 0 saturated carbocycles. The van der Waals surface area contributed by atoms with E-state index in [2.05, 4.69) is 0 Å². The fourth-order valence-corrected chi connectivity index (χ4v) is 4.87. The molecular formula is C30H19N3O6. The lowest BCUT2D eigenvalue weighted by atomic mass is 9.86. The van der Waals surface area contributed by atoms with Gasteiger partial charge in [0.25, 0.3) is 11.4 Å². The molecule has 1 atom stereocenters. The lowest BCUT2D eigenvalue weighted by molar-refractivity contribution is -0.385. The number of nitrogens with zero attached hydrogens (tertiary/aromatic N) is 3. The third kappa shape index (κ3) is 4.21. The first kappa shape index (κ1) is 23.8. The smallest absolute Gasteiger partial charge is 0.270 e. The van der Waals surface area contributed by atoms with Gasteiger partial charge in [-0.1, -0.05) is 48.5 Å². The van der Waals surface area contributed by atoms with Crippen LogP contribution in [0.4, 0.5) is 11.4 Å². The van der Waals surface area contributed by atoms with Gasteiger partial charge >= 0.3 is 0 Å². The molecule has 1 aromatic heterocycles. The molecule has 6 rings (SSSR count). The Morgan fingerprint density at radius 1 is 0.718 bits per heavy atom. The van der Waals surface area contributed by atoms with Crippen LogP contribution in [0.15, 0.2) is 103 Å². The van der Waals surface area contributed by atoms with Crippen LogP contribution in [-0.2, 0) is 0 Å². The van der Waals surface area contributed by atoms with Gasteiger partial charge in [-0.3, -0.25) is 20.2 Å². The molecule has 0 saturated heterocycles. The maximum atomic E-state index is 11.6. The zero-order chi connectivity index (χ0) is 27.1. The number of pyridine rings is 1. The molecule has 1 N–H and O–H groups in total. The molecule has 0 spiro atoms. The number of nitro benzene ring substituents is 2. The van der Waals surface area contributed by atoms with Crippen molar-refractivity contribution in [1.82, 2.24) is 4.98 Å². The minimum atomic E-state index is -0.796. The average Bonchev–Trinajstić information content (AvgIpc) is 2.96. The van der Waals surface area contributed by atoms with E-state index in [0.717, 1.165) is 0 Å². The molecule has 1 aliphatic heterocycles. The first-order valence-electron chi connectivity index (χ1n) is 12.0. The summed E-state index contributed by atoms with van der Waals surface area (Å²) in [6.45, 7) is 0. The summed E-state index contributed by atoms with van der Waals surface area (Å²) in [5, 5.41) is 33.8. The van der Waals surface area contributed by atoms with Crippen LogP contribution in [-0.4, -0.2) is 19.9 Å². The van der Waals surface area contributed by atoms with E-state index >= 15 is 0 Å². The molecule has 2 heterocycles. The summed E-state index contributed by atoms with van der Waals surface area (Å²) in [7, 11) is 0. The van der Waals surface area contributed by atoms with Crippen LogP contribution in [0, 0.1) is 20.2 Å². The number of ether oxygens (including phenoxy) is 1. The van der Waals surface area contributed by atoms with Crippen molar-refractivity contribution in [3.8, 4) is 45.1 Å². The highest BCUT2D eigenvalue weighted by Crippen LogP contribution is 2.49. The second-order valence-corrected chi connectivity index (χ2v) is 8.99. The summed E-state index contributed by atoms with van der Waals surface area (Å²) in [5.41, 5.74) is 4.28. The maximum Gasteiger partial charge on any atom is 0.270 e.